The largest absolute Gasteiger partial charge is 0.463 e. The van der Waals surface area contributed by atoms with Gasteiger partial charge in [0.15, 0.2) is 0 Å². The van der Waals surface area contributed by atoms with Crippen molar-refractivity contribution in [3.63, 3.8) is 0 Å². The van der Waals surface area contributed by atoms with E-state index < -0.39 is 5.97 Å². The number of halogens is 2. The Hall–Kier alpha value is -3.61. The first-order chi connectivity index (χ1) is 19.2. The zero-order chi connectivity index (χ0) is 28.8. The smallest absolute Gasteiger partial charge is 0.336 e. The summed E-state index contributed by atoms with van der Waals surface area (Å²) in [6.07, 6.45) is 0.752. The lowest BCUT2D eigenvalue weighted by molar-refractivity contribution is -0.140. The van der Waals surface area contributed by atoms with E-state index in [1.165, 1.54) is 0 Å². The van der Waals surface area contributed by atoms with Gasteiger partial charge >= 0.3 is 5.97 Å². The van der Waals surface area contributed by atoms with Crippen molar-refractivity contribution in [2.75, 3.05) is 13.2 Å². The molecule has 8 heteroatoms. The normalized spacial score (nSPS) is 15.3. The number of hydrogen-bond acceptors (Lipinski definition) is 4. The van der Waals surface area contributed by atoms with Gasteiger partial charge < -0.3 is 15.0 Å². The van der Waals surface area contributed by atoms with Gasteiger partial charge in [0.25, 0.3) is 5.91 Å². The Morgan fingerprint density at radius 1 is 1.02 bits per heavy atom. The molecule has 0 aromatic heterocycles. The van der Waals surface area contributed by atoms with Crippen LogP contribution < -0.4 is 5.32 Å². The molecule has 3 aromatic rings. The van der Waals surface area contributed by atoms with Crippen LogP contribution in [0.1, 0.15) is 58.8 Å². The molecule has 1 aliphatic heterocycles. The molecule has 1 atom stereocenters. The molecule has 0 spiro atoms. The van der Waals surface area contributed by atoms with E-state index in [0.29, 0.717) is 39.8 Å². The number of nitrogens with one attached hydrogen (secondary N) is 1. The van der Waals surface area contributed by atoms with Crippen LogP contribution in [0.15, 0.2) is 78.0 Å². The number of ether oxygens (including phenoxy) is 1. The summed E-state index contributed by atoms with van der Waals surface area (Å²) in [5, 5.41) is 4.04. The van der Waals surface area contributed by atoms with Crippen LogP contribution in [0.5, 0.6) is 0 Å². The minimum Gasteiger partial charge on any atom is -0.463 e. The highest BCUT2D eigenvalue weighted by Gasteiger charge is 2.36. The highest BCUT2D eigenvalue weighted by Crippen LogP contribution is 2.38. The van der Waals surface area contributed by atoms with Crippen molar-refractivity contribution in [2.45, 2.75) is 46.1 Å². The summed E-state index contributed by atoms with van der Waals surface area (Å²) in [7, 11) is 0. The highest BCUT2D eigenvalue weighted by atomic mass is 35.5. The summed E-state index contributed by atoms with van der Waals surface area (Å²) >= 11 is 12.2. The van der Waals surface area contributed by atoms with Gasteiger partial charge in [-0.1, -0.05) is 71.2 Å². The minimum atomic E-state index is -0.407. The molecule has 1 N–H and O–H groups in total. The van der Waals surface area contributed by atoms with Gasteiger partial charge in [-0.25, -0.2) is 4.79 Å². The standard InChI is InChI=1S/C32H32Cl2N2O4/c1-4-40-32(39)30-21(3)36(29(37)18-27(30)25-7-5-6-20(2)16-25)19-22-8-10-24(11-9-22)31(38)35-15-14-23-12-13-26(33)17-28(23)34/h5-13,16-17,27H,4,14-15,18-19H2,1-3H3,(H,35,38). The van der Waals surface area contributed by atoms with E-state index in [-0.39, 0.29) is 37.3 Å². The molecule has 0 saturated heterocycles. The first kappa shape index (κ1) is 29.4. The summed E-state index contributed by atoms with van der Waals surface area (Å²) in [4.78, 5) is 40.6. The van der Waals surface area contributed by atoms with Crippen LogP contribution >= 0.6 is 23.2 Å². The molecule has 4 rings (SSSR count). The zero-order valence-corrected chi connectivity index (χ0v) is 24.3. The average molecular weight is 580 g/mol. The third kappa shape index (κ3) is 6.93. The van der Waals surface area contributed by atoms with E-state index in [2.05, 4.69) is 5.32 Å². The molecule has 2 amide bonds. The molecular weight excluding hydrogens is 547 g/mol. The molecule has 0 aliphatic carbocycles. The quantitative estimate of drug-likeness (QED) is 0.289. The van der Waals surface area contributed by atoms with Gasteiger partial charge in [-0.2, -0.15) is 0 Å². The van der Waals surface area contributed by atoms with Gasteiger partial charge in [-0.05, 0) is 68.1 Å². The predicted molar refractivity (Wildman–Crippen MR) is 157 cm³/mol. The van der Waals surface area contributed by atoms with Crippen LogP contribution in [0.2, 0.25) is 10.0 Å². The number of nitrogens with zero attached hydrogens (tertiary/aromatic N) is 1. The molecule has 0 radical (unpaired) electrons. The zero-order valence-electron chi connectivity index (χ0n) is 22.8. The molecule has 0 fully saturated rings. The summed E-state index contributed by atoms with van der Waals surface area (Å²) < 4.78 is 5.39. The van der Waals surface area contributed by atoms with Gasteiger partial charge in [0.1, 0.15) is 0 Å². The van der Waals surface area contributed by atoms with Crippen molar-refractivity contribution < 1.29 is 19.1 Å². The van der Waals surface area contributed by atoms with E-state index in [1.807, 2.05) is 49.4 Å². The molecule has 3 aromatic carbocycles. The average Bonchev–Trinajstić information content (AvgIpc) is 2.92. The van der Waals surface area contributed by atoms with Gasteiger partial charge in [0.05, 0.1) is 18.7 Å². The number of rotatable bonds is 9. The molecule has 6 nitrogen and oxygen atoms in total. The fourth-order valence-electron chi connectivity index (χ4n) is 4.93. The summed E-state index contributed by atoms with van der Waals surface area (Å²) in [5.41, 5.74) is 5.33. The Kier molecular flexibility index (Phi) is 9.67. The molecular formula is C32H32Cl2N2O4. The van der Waals surface area contributed by atoms with Crippen LogP contribution in [0.4, 0.5) is 0 Å². The Morgan fingerprint density at radius 2 is 1.77 bits per heavy atom. The molecule has 0 saturated carbocycles. The Morgan fingerprint density at radius 3 is 2.45 bits per heavy atom. The maximum Gasteiger partial charge on any atom is 0.336 e. The second kappa shape index (κ2) is 13.2. The summed E-state index contributed by atoms with van der Waals surface area (Å²) in [5.74, 6) is -1.04. The van der Waals surface area contributed by atoms with E-state index in [4.69, 9.17) is 27.9 Å². The predicted octanol–water partition coefficient (Wildman–Crippen LogP) is 6.63. The number of benzene rings is 3. The van der Waals surface area contributed by atoms with Crippen molar-refractivity contribution in [3.05, 3.63) is 116 Å². The van der Waals surface area contributed by atoms with E-state index >= 15 is 0 Å². The van der Waals surface area contributed by atoms with Crippen LogP contribution in [-0.4, -0.2) is 35.8 Å². The van der Waals surface area contributed by atoms with Crippen LogP contribution in [0.25, 0.3) is 0 Å². The van der Waals surface area contributed by atoms with E-state index in [0.717, 1.165) is 22.3 Å². The number of carbonyl (C=O) groups excluding carboxylic acids is 3. The monoisotopic (exact) mass is 578 g/mol. The first-order valence-electron chi connectivity index (χ1n) is 13.2. The maximum atomic E-state index is 13.3. The molecule has 1 unspecified atom stereocenters. The third-order valence-electron chi connectivity index (χ3n) is 7.01. The second-order valence-corrected chi connectivity index (χ2v) is 10.7. The maximum absolute atomic E-state index is 13.3. The lowest BCUT2D eigenvalue weighted by atomic mass is 9.83. The van der Waals surface area contributed by atoms with E-state index in [1.54, 1.807) is 43.0 Å². The van der Waals surface area contributed by atoms with Crippen molar-refractivity contribution in [1.82, 2.24) is 10.2 Å². The SMILES string of the molecule is CCOC(=O)C1=C(C)N(Cc2ccc(C(=O)NCCc3ccc(Cl)cc3Cl)cc2)C(=O)CC1c1cccc(C)c1. The van der Waals surface area contributed by atoms with Crippen molar-refractivity contribution in [1.29, 1.82) is 0 Å². The van der Waals surface area contributed by atoms with Gasteiger partial charge in [-0.3, -0.25) is 9.59 Å². The molecule has 40 heavy (non-hydrogen) atoms. The fraction of sp³-hybridized carbons (Fsp3) is 0.281. The summed E-state index contributed by atoms with van der Waals surface area (Å²) in [6, 6.07) is 20.3. The summed E-state index contributed by atoms with van der Waals surface area (Å²) in [6.45, 7) is 6.51. The number of aryl methyl sites for hydroxylation is 1. The van der Waals surface area contributed by atoms with Crippen molar-refractivity contribution in [3.8, 4) is 0 Å². The highest BCUT2D eigenvalue weighted by molar-refractivity contribution is 6.35. The van der Waals surface area contributed by atoms with Gasteiger partial charge in [0.2, 0.25) is 5.91 Å². The van der Waals surface area contributed by atoms with Crippen molar-refractivity contribution in [2.24, 2.45) is 0 Å². The topological polar surface area (TPSA) is 75.7 Å². The number of hydrogen-bond donors (Lipinski definition) is 1. The van der Waals surface area contributed by atoms with Gasteiger partial charge in [-0.15, -0.1) is 0 Å². The Labute approximate surface area is 244 Å². The number of amides is 2. The van der Waals surface area contributed by atoms with Crippen LogP contribution in [0, 0.1) is 6.92 Å². The lowest BCUT2D eigenvalue weighted by Crippen LogP contribution is -2.38. The first-order valence-corrected chi connectivity index (χ1v) is 14.0. The molecule has 0 bridgehead atoms. The number of allylic oxidation sites excluding steroid dienone is 1. The van der Waals surface area contributed by atoms with E-state index in [9.17, 15) is 14.4 Å². The number of carbonyl (C=O) groups is 3. The Balaban J connectivity index is 1.46. The number of esters is 1. The second-order valence-electron chi connectivity index (χ2n) is 9.81. The third-order valence-corrected chi connectivity index (χ3v) is 7.60. The van der Waals surface area contributed by atoms with Crippen molar-refractivity contribution >= 4 is 41.0 Å². The molecule has 1 aliphatic rings. The molecule has 1 heterocycles. The Bertz CT molecular complexity index is 1450. The minimum absolute atomic E-state index is 0.0697. The van der Waals surface area contributed by atoms with Crippen LogP contribution in [-0.2, 0) is 27.3 Å². The lowest BCUT2D eigenvalue weighted by Gasteiger charge is -2.34. The molecule has 208 valence electrons. The van der Waals surface area contributed by atoms with Gasteiger partial charge in [0, 0.05) is 40.2 Å². The fourth-order valence-corrected chi connectivity index (χ4v) is 5.43. The van der Waals surface area contributed by atoms with Crippen LogP contribution in [0.3, 0.4) is 0 Å².